The van der Waals surface area contributed by atoms with E-state index in [9.17, 15) is 0 Å². The predicted molar refractivity (Wildman–Crippen MR) is 263 cm³/mol. The standard InChI is InChI=1S/C60H41N/c1-2-17-51(18-3-1)61(58-24-12-16-46-14-6-7-19-53(46)58)52-39-37-48(38-40-52)60-56-22-10-8-20-54(56)59(55-21-9-11-23-57(55)60)47-33-29-43(30-34-47)26-25-42-27-31-45(32-28-42)50-36-35-44-13-4-5-15-49(44)41-50/h1-41H. The third kappa shape index (κ3) is 6.83. The number of anilines is 3. The van der Waals surface area contributed by atoms with Crippen LogP contribution in [0, 0.1) is 0 Å². The van der Waals surface area contributed by atoms with Gasteiger partial charge in [-0.1, -0.05) is 212 Å². The molecule has 0 saturated carbocycles. The molecule has 0 aliphatic carbocycles. The minimum absolute atomic E-state index is 1.11. The van der Waals surface area contributed by atoms with Gasteiger partial charge in [-0.2, -0.15) is 0 Å². The molecule has 0 fully saturated rings. The smallest absolute Gasteiger partial charge is 0.0540 e. The van der Waals surface area contributed by atoms with Crippen LogP contribution in [0.3, 0.4) is 0 Å². The van der Waals surface area contributed by atoms with Crippen molar-refractivity contribution in [3.63, 3.8) is 0 Å². The van der Waals surface area contributed by atoms with Gasteiger partial charge in [-0.25, -0.2) is 0 Å². The van der Waals surface area contributed by atoms with Gasteiger partial charge >= 0.3 is 0 Å². The molecule has 0 aliphatic rings. The van der Waals surface area contributed by atoms with Crippen LogP contribution in [0.4, 0.5) is 17.1 Å². The largest absolute Gasteiger partial charge is 0.310 e. The number of hydrogen-bond donors (Lipinski definition) is 0. The molecule has 0 heterocycles. The Bertz CT molecular complexity index is 3320. The summed E-state index contributed by atoms with van der Waals surface area (Å²) in [6, 6.07) is 85.8. The Labute approximate surface area is 356 Å². The fourth-order valence-corrected chi connectivity index (χ4v) is 9.04. The number of para-hydroxylation sites is 1. The molecule has 0 aliphatic heterocycles. The molecule has 11 aromatic rings. The molecule has 0 atom stereocenters. The van der Waals surface area contributed by atoms with Gasteiger partial charge in [0.05, 0.1) is 5.69 Å². The van der Waals surface area contributed by atoms with E-state index in [0.29, 0.717) is 0 Å². The van der Waals surface area contributed by atoms with Crippen molar-refractivity contribution < 1.29 is 0 Å². The number of hydrogen-bond acceptors (Lipinski definition) is 1. The van der Waals surface area contributed by atoms with E-state index in [2.05, 4.69) is 254 Å². The summed E-state index contributed by atoms with van der Waals surface area (Å²) in [6.07, 6.45) is 4.40. The van der Waals surface area contributed by atoms with Crippen LogP contribution in [0.25, 0.3) is 88.6 Å². The summed E-state index contributed by atoms with van der Waals surface area (Å²) in [6.45, 7) is 0. The molecule has 11 aromatic carbocycles. The van der Waals surface area contributed by atoms with Gasteiger partial charge in [0.25, 0.3) is 0 Å². The van der Waals surface area contributed by atoms with Crippen molar-refractivity contribution in [2.45, 2.75) is 0 Å². The van der Waals surface area contributed by atoms with E-state index in [1.165, 1.54) is 87.6 Å². The lowest BCUT2D eigenvalue weighted by molar-refractivity contribution is 1.30. The Kier molecular flexibility index (Phi) is 9.26. The van der Waals surface area contributed by atoms with Crippen LogP contribution in [0.1, 0.15) is 11.1 Å². The molecule has 0 saturated heterocycles. The average molecular weight is 776 g/mol. The minimum atomic E-state index is 1.11. The summed E-state index contributed by atoms with van der Waals surface area (Å²) in [5, 5.41) is 9.95. The molecular formula is C60H41N. The van der Waals surface area contributed by atoms with Crippen molar-refractivity contribution in [3.8, 4) is 33.4 Å². The molecule has 0 aromatic heterocycles. The summed E-state index contributed by atoms with van der Waals surface area (Å²) < 4.78 is 0. The van der Waals surface area contributed by atoms with Crippen molar-refractivity contribution in [1.29, 1.82) is 0 Å². The van der Waals surface area contributed by atoms with Crippen molar-refractivity contribution in [2.75, 3.05) is 4.90 Å². The van der Waals surface area contributed by atoms with Crippen LogP contribution in [0.15, 0.2) is 237 Å². The van der Waals surface area contributed by atoms with Crippen LogP contribution in [-0.4, -0.2) is 0 Å². The van der Waals surface area contributed by atoms with E-state index in [4.69, 9.17) is 0 Å². The van der Waals surface area contributed by atoms with E-state index in [0.717, 1.165) is 17.1 Å². The fourth-order valence-electron chi connectivity index (χ4n) is 9.04. The molecule has 61 heavy (non-hydrogen) atoms. The number of benzene rings is 11. The van der Waals surface area contributed by atoms with Gasteiger partial charge in [0, 0.05) is 16.8 Å². The van der Waals surface area contributed by atoms with Crippen LogP contribution < -0.4 is 4.90 Å². The normalized spacial score (nSPS) is 11.5. The maximum Gasteiger partial charge on any atom is 0.0540 e. The number of nitrogens with zero attached hydrogens (tertiary/aromatic N) is 1. The molecule has 11 rings (SSSR count). The highest BCUT2D eigenvalue weighted by Crippen LogP contribution is 2.45. The predicted octanol–water partition coefficient (Wildman–Crippen LogP) is 16.9. The molecule has 0 amide bonds. The molecule has 0 unspecified atom stereocenters. The maximum absolute atomic E-state index is 2.37. The monoisotopic (exact) mass is 775 g/mol. The van der Waals surface area contributed by atoms with Gasteiger partial charge in [-0.05, 0) is 119 Å². The van der Waals surface area contributed by atoms with Gasteiger partial charge < -0.3 is 4.90 Å². The molecule has 1 heteroatoms. The second kappa shape index (κ2) is 15.6. The van der Waals surface area contributed by atoms with Crippen molar-refractivity contribution in [2.24, 2.45) is 0 Å². The Morgan fingerprint density at radius 1 is 0.262 bits per heavy atom. The first-order chi connectivity index (χ1) is 30.2. The van der Waals surface area contributed by atoms with Gasteiger partial charge in [0.15, 0.2) is 0 Å². The second-order valence-corrected chi connectivity index (χ2v) is 15.7. The van der Waals surface area contributed by atoms with Crippen molar-refractivity contribution >= 4 is 72.3 Å². The Morgan fingerprint density at radius 3 is 1.28 bits per heavy atom. The lowest BCUT2D eigenvalue weighted by Crippen LogP contribution is -2.10. The molecule has 0 bridgehead atoms. The second-order valence-electron chi connectivity index (χ2n) is 15.7. The van der Waals surface area contributed by atoms with Crippen LogP contribution in [0.5, 0.6) is 0 Å². The zero-order valence-corrected chi connectivity index (χ0v) is 33.6. The van der Waals surface area contributed by atoms with E-state index in [1.54, 1.807) is 0 Å². The number of fused-ring (bicyclic) bond motifs is 4. The highest BCUT2D eigenvalue weighted by atomic mass is 15.1. The molecule has 0 N–H and O–H groups in total. The van der Waals surface area contributed by atoms with E-state index in [-0.39, 0.29) is 0 Å². The van der Waals surface area contributed by atoms with Gasteiger partial charge in [0.1, 0.15) is 0 Å². The van der Waals surface area contributed by atoms with Crippen LogP contribution in [0.2, 0.25) is 0 Å². The lowest BCUT2D eigenvalue weighted by Gasteiger charge is -2.27. The van der Waals surface area contributed by atoms with Gasteiger partial charge in [-0.15, -0.1) is 0 Å². The first-order valence-electron chi connectivity index (χ1n) is 21.0. The zero-order chi connectivity index (χ0) is 40.5. The highest BCUT2D eigenvalue weighted by molar-refractivity contribution is 6.21. The molecule has 286 valence electrons. The van der Waals surface area contributed by atoms with E-state index >= 15 is 0 Å². The summed E-state index contributed by atoms with van der Waals surface area (Å²) in [5.74, 6) is 0. The molecular weight excluding hydrogens is 735 g/mol. The summed E-state index contributed by atoms with van der Waals surface area (Å²) >= 11 is 0. The van der Waals surface area contributed by atoms with Gasteiger partial charge in [-0.3, -0.25) is 0 Å². The van der Waals surface area contributed by atoms with Gasteiger partial charge in [0.2, 0.25) is 0 Å². The zero-order valence-electron chi connectivity index (χ0n) is 33.6. The molecule has 1 nitrogen and oxygen atoms in total. The maximum atomic E-state index is 2.37. The molecule has 0 radical (unpaired) electrons. The average Bonchev–Trinajstić information content (AvgIpc) is 3.33. The molecule has 0 spiro atoms. The van der Waals surface area contributed by atoms with Crippen LogP contribution >= 0.6 is 0 Å². The SMILES string of the molecule is C(=Cc1ccc(-c2c3ccccc3c(-c3ccc(N(c4ccccc4)c4cccc5ccccc45)cc3)c3ccccc23)cc1)c1ccc(-c2ccc3ccccc3c2)cc1. The third-order valence-electron chi connectivity index (χ3n) is 12.0. The quantitative estimate of drug-likeness (QED) is 0.110. The topological polar surface area (TPSA) is 3.24 Å². The third-order valence-corrected chi connectivity index (χ3v) is 12.0. The summed E-state index contributed by atoms with van der Waals surface area (Å²) in [7, 11) is 0. The summed E-state index contributed by atoms with van der Waals surface area (Å²) in [5.41, 5.74) is 13.1. The van der Waals surface area contributed by atoms with Crippen LogP contribution in [-0.2, 0) is 0 Å². The van der Waals surface area contributed by atoms with E-state index < -0.39 is 0 Å². The number of rotatable bonds is 8. The Balaban J connectivity index is 0.926. The van der Waals surface area contributed by atoms with Crippen molar-refractivity contribution in [1.82, 2.24) is 0 Å². The first-order valence-corrected chi connectivity index (χ1v) is 21.0. The van der Waals surface area contributed by atoms with Crippen molar-refractivity contribution in [3.05, 3.63) is 248 Å². The lowest BCUT2D eigenvalue weighted by atomic mass is 9.86. The highest BCUT2D eigenvalue weighted by Gasteiger charge is 2.19. The minimum Gasteiger partial charge on any atom is -0.310 e. The fraction of sp³-hybridized carbons (Fsp3) is 0. The summed E-state index contributed by atoms with van der Waals surface area (Å²) in [4.78, 5) is 2.37. The first kappa shape index (κ1) is 36.1. The Morgan fingerprint density at radius 2 is 0.689 bits per heavy atom. The van der Waals surface area contributed by atoms with E-state index in [1.807, 2.05) is 0 Å². The Hall–Kier alpha value is -8.00.